The number of nitrogens with zero attached hydrogens (tertiary/aromatic N) is 1. The lowest BCUT2D eigenvalue weighted by molar-refractivity contribution is 1.34. The number of aromatic nitrogens is 2. The highest BCUT2D eigenvalue weighted by Gasteiger charge is 2.01. The van der Waals surface area contributed by atoms with Crippen molar-refractivity contribution in [3.05, 3.63) is 29.2 Å². The van der Waals surface area contributed by atoms with Crippen molar-refractivity contribution in [2.75, 3.05) is 0 Å². The molecule has 2 rings (SSSR count). The van der Waals surface area contributed by atoms with Crippen molar-refractivity contribution >= 4 is 22.5 Å². The monoisotopic (exact) mass is 166 g/mol. The maximum atomic E-state index is 5.83. The van der Waals surface area contributed by atoms with Crippen LogP contribution in [0, 0.1) is 6.92 Å². The second-order valence-corrected chi connectivity index (χ2v) is 2.85. The molecule has 3 heteroatoms. The molecular formula is C8H7ClN2. The molecule has 2 aromatic rings. The molecule has 0 amide bonds. The summed E-state index contributed by atoms with van der Waals surface area (Å²) in [5, 5.41) is 1.68. The Morgan fingerprint density at radius 2 is 2.36 bits per heavy atom. The zero-order valence-corrected chi connectivity index (χ0v) is 6.81. The van der Waals surface area contributed by atoms with Crippen molar-refractivity contribution in [3.8, 4) is 0 Å². The lowest BCUT2D eigenvalue weighted by Crippen LogP contribution is -1.75. The van der Waals surface area contributed by atoms with Gasteiger partial charge in [0.15, 0.2) is 5.15 Å². The van der Waals surface area contributed by atoms with Crippen molar-refractivity contribution in [3.63, 3.8) is 0 Å². The molecule has 0 aromatic carbocycles. The first kappa shape index (κ1) is 6.68. The van der Waals surface area contributed by atoms with Crippen molar-refractivity contribution < 1.29 is 0 Å². The second-order valence-electron chi connectivity index (χ2n) is 2.50. The maximum Gasteiger partial charge on any atom is 0.153 e. The molecule has 0 spiro atoms. The zero-order chi connectivity index (χ0) is 7.84. The van der Waals surface area contributed by atoms with Crippen LogP contribution in [0.4, 0.5) is 0 Å². The number of hydrogen-bond acceptors (Lipinski definition) is 1. The number of hydrogen-bond donors (Lipinski definition) is 1. The van der Waals surface area contributed by atoms with Crippen LogP contribution in [0.15, 0.2) is 18.5 Å². The summed E-state index contributed by atoms with van der Waals surface area (Å²) < 4.78 is 0. The maximum absolute atomic E-state index is 5.83. The molecule has 0 aliphatic heterocycles. The van der Waals surface area contributed by atoms with E-state index in [2.05, 4.69) is 9.97 Å². The molecule has 0 bridgehead atoms. The van der Waals surface area contributed by atoms with E-state index in [9.17, 15) is 0 Å². The Kier molecular flexibility index (Phi) is 1.36. The van der Waals surface area contributed by atoms with Gasteiger partial charge in [0.05, 0.1) is 5.52 Å². The van der Waals surface area contributed by atoms with Gasteiger partial charge in [0.25, 0.3) is 0 Å². The third-order valence-electron chi connectivity index (χ3n) is 1.76. The molecule has 0 saturated heterocycles. The van der Waals surface area contributed by atoms with E-state index < -0.39 is 0 Å². The number of halogens is 1. The van der Waals surface area contributed by atoms with E-state index in [0.29, 0.717) is 5.15 Å². The normalized spacial score (nSPS) is 10.7. The third-order valence-corrected chi connectivity index (χ3v) is 2.05. The Morgan fingerprint density at radius 3 is 3.09 bits per heavy atom. The van der Waals surface area contributed by atoms with Gasteiger partial charge in [-0.2, -0.15) is 0 Å². The van der Waals surface area contributed by atoms with Gasteiger partial charge in [-0.15, -0.1) is 0 Å². The quantitative estimate of drug-likeness (QED) is 0.599. The van der Waals surface area contributed by atoms with Crippen LogP contribution in [0.1, 0.15) is 5.56 Å². The molecule has 0 fully saturated rings. The fraction of sp³-hybridized carbons (Fsp3) is 0.125. The van der Waals surface area contributed by atoms with Gasteiger partial charge >= 0.3 is 0 Å². The highest BCUT2D eigenvalue weighted by Crippen LogP contribution is 2.21. The highest BCUT2D eigenvalue weighted by molar-refractivity contribution is 6.33. The molecule has 0 aliphatic carbocycles. The standard InChI is InChI=1S/C8H7ClN2/c1-5-4-11-7-6(5)2-3-10-8(7)9/h2-4,11H,1H3. The summed E-state index contributed by atoms with van der Waals surface area (Å²) in [7, 11) is 0. The van der Waals surface area contributed by atoms with Crippen molar-refractivity contribution in [2.24, 2.45) is 0 Å². The lowest BCUT2D eigenvalue weighted by Gasteiger charge is -1.91. The summed E-state index contributed by atoms with van der Waals surface area (Å²) in [5.41, 5.74) is 2.12. The van der Waals surface area contributed by atoms with E-state index in [1.807, 2.05) is 19.2 Å². The van der Waals surface area contributed by atoms with Crippen molar-refractivity contribution in [1.82, 2.24) is 9.97 Å². The molecule has 2 nitrogen and oxygen atoms in total. The molecule has 0 aliphatic rings. The number of aryl methyl sites for hydroxylation is 1. The number of nitrogens with one attached hydrogen (secondary N) is 1. The van der Waals surface area contributed by atoms with E-state index in [-0.39, 0.29) is 0 Å². The Labute approximate surface area is 69.2 Å². The van der Waals surface area contributed by atoms with Gasteiger partial charge in [0.2, 0.25) is 0 Å². The minimum atomic E-state index is 0.538. The minimum absolute atomic E-state index is 0.538. The summed E-state index contributed by atoms with van der Waals surface area (Å²) in [6.07, 6.45) is 3.64. The third kappa shape index (κ3) is 0.906. The van der Waals surface area contributed by atoms with E-state index in [1.54, 1.807) is 6.20 Å². The van der Waals surface area contributed by atoms with Crippen LogP contribution >= 0.6 is 11.6 Å². The Morgan fingerprint density at radius 1 is 1.55 bits per heavy atom. The SMILES string of the molecule is Cc1c[nH]c2c(Cl)nccc12. The molecule has 2 aromatic heterocycles. The van der Waals surface area contributed by atoms with Crippen molar-refractivity contribution in [2.45, 2.75) is 6.92 Å². The Hall–Kier alpha value is -1.02. The lowest BCUT2D eigenvalue weighted by atomic mass is 10.2. The molecule has 0 radical (unpaired) electrons. The summed E-state index contributed by atoms with van der Waals surface area (Å²) in [4.78, 5) is 7.02. The van der Waals surface area contributed by atoms with Gasteiger partial charge in [0.1, 0.15) is 0 Å². The number of aromatic amines is 1. The van der Waals surface area contributed by atoms with Crippen LogP contribution in [-0.4, -0.2) is 9.97 Å². The van der Waals surface area contributed by atoms with Crippen LogP contribution in [0.2, 0.25) is 5.15 Å². The summed E-state index contributed by atoms with van der Waals surface area (Å²) >= 11 is 5.83. The Bertz CT molecular complexity index is 392. The average molecular weight is 167 g/mol. The van der Waals surface area contributed by atoms with Gasteiger partial charge in [-0.1, -0.05) is 11.6 Å². The number of rotatable bonds is 0. The van der Waals surface area contributed by atoms with Gasteiger partial charge in [-0.3, -0.25) is 0 Å². The van der Waals surface area contributed by atoms with Crippen LogP contribution in [0.25, 0.3) is 10.9 Å². The highest BCUT2D eigenvalue weighted by atomic mass is 35.5. The fourth-order valence-electron chi connectivity index (χ4n) is 1.16. The smallest absolute Gasteiger partial charge is 0.153 e. The van der Waals surface area contributed by atoms with Crippen molar-refractivity contribution in [1.29, 1.82) is 0 Å². The van der Waals surface area contributed by atoms with Crippen LogP contribution in [0.5, 0.6) is 0 Å². The zero-order valence-electron chi connectivity index (χ0n) is 6.06. The molecule has 56 valence electrons. The summed E-state index contributed by atoms with van der Waals surface area (Å²) in [6, 6.07) is 1.95. The first-order valence-corrected chi connectivity index (χ1v) is 3.75. The largest absolute Gasteiger partial charge is 0.358 e. The first-order chi connectivity index (χ1) is 5.29. The van der Waals surface area contributed by atoms with Gasteiger partial charge in [-0.25, -0.2) is 4.98 Å². The number of pyridine rings is 1. The summed E-state index contributed by atoms with van der Waals surface area (Å²) in [5.74, 6) is 0. The van der Waals surface area contributed by atoms with E-state index >= 15 is 0 Å². The fourth-order valence-corrected chi connectivity index (χ4v) is 1.37. The summed E-state index contributed by atoms with van der Waals surface area (Å²) in [6.45, 7) is 2.04. The second kappa shape index (κ2) is 2.24. The Balaban J connectivity index is 2.94. The number of fused-ring (bicyclic) bond motifs is 1. The average Bonchev–Trinajstić information content (AvgIpc) is 2.35. The molecule has 1 N–H and O–H groups in total. The van der Waals surface area contributed by atoms with Crippen LogP contribution in [-0.2, 0) is 0 Å². The van der Waals surface area contributed by atoms with Crippen LogP contribution < -0.4 is 0 Å². The predicted molar refractivity (Wildman–Crippen MR) is 45.8 cm³/mol. The molecule has 0 unspecified atom stereocenters. The molecular weight excluding hydrogens is 160 g/mol. The van der Waals surface area contributed by atoms with E-state index in [4.69, 9.17) is 11.6 Å². The topological polar surface area (TPSA) is 28.7 Å². The minimum Gasteiger partial charge on any atom is -0.358 e. The molecule has 0 atom stereocenters. The van der Waals surface area contributed by atoms with E-state index in [1.165, 1.54) is 5.56 Å². The van der Waals surface area contributed by atoms with Crippen LogP contribution in [0.3, 0.4) is 0 Å². The van der Waals surface area contributed by atoms with Gasteiger partial charge < -0.3 is 4.98 Å². The molecule has 0 saturated carbocycles. The molecule has 2 heterocycles. The van der Waals surface area contributed by atoms with Gasteiger partial charge in [-0.05, 0) is 18.6 Å². The van der Waals surface area contributed by atoms with Gasteiger partial charge in [0, 0.05) is 17.8 Å². The van der Waals surface area contributed by atoms with E-state index in [0.717, 1.165) is 10.9 Å². The predicted octanol–water partition coefficient (Wildman–Crippen LogP) is 2.52. The first-order valence-electron chi connectivity index (χ1n) is 3.37. The number of H-pyrrole nitrogens is 1. The molecule has 11 heavy (non-hydrogen) atoms.